The number of nitrogens with one attached hydrogen (secondary N) is 1. The quantitative estimate of drug-likeness (QED) is 0.563. The van der Waals surface area contributed by atoms with Gasteiger partial charge in [-0.15, -0.1) is 0 Å². The molecular formula is C15H19N7OS. The number of nitrogens with zero attached hydrogens (tertiary/aromatic N) is 6. The summed E-state index contributed by atoms with van der Waals surface area (Å²) in [6.07, 6.45) is 4.89. The largest absolute Gasteiger partial charge is 0.310 e. The van der Waals surface area contributed by atoms with Crippen molar-refractivity contribution >= 4 is 34.5 Å². The van der Waals surface area contributed by atoms with E-state index in [1.807, 2.05) is 27.8 Å². The molecule has 3 heterocycles. The number of aryl methyl sites for hydroxylation is 1. The molecule has 0 saturated carbocycles. The number of fused-ring (bicyclic) bond motifs is 1. The topological polar surface area (TPSA) is 90.5 Å². The number of hydrogen-bond acceptors (Lipinski definition) is 6. The van der Waals surface area contributed by atoms with Crippen LogP contribution in [0.15, 0.2) is 29.8 Å². The maximum absolute atomic E-state index is 12.5. The fourth-order valence-corrected chi connectivity index (χ4v) is 3.19. The van der Waals surface area contributed by atoms with Crippen LogP contribution in [0.3, 0.4) is 0 Å². The van der Waals surface area contributed by atoms with E-state index in [1.54, 1.807) is 27.8 Å². The summed E-state index contributed by atoms with van der Waals surface area (Å²) >= 11 is 1.38. The van der Waals surface area contributed by atoms with E-state index in [2.05, 4.69) is 25.5 Å². The Bertz CT molecular complexity index is 870. The molecule has 8 nitrogen and oxygen atoms in total. The van der Waals surface area contributed by atoms with Gasteiger partial charge in [-0.3, -0.25) is 9.48 Å². The van der Waals surface area contributed by atoms with Crippen molar-refractivity contribution in [3.8, 4) is 0 Å². The van der Waals surface area contributed by atoms with Gasteiger partial charge in [0, 0.05) is 19.2 Å². The van der Waals surface area contributed by atoms with Crippen LogP contribution in [0.2, 0.25) is 0 Å². The second-order valence-electron chi connectivity index (χ2n) is 5.69. The Morgan fingerprint density at radius 2 is 2.04 bits per heavy atom. The van der Waals surface area contributed by atoms with E-state index in [1.165, 1.54) is 18.1 Å². The van der Waals surface area contributed by atoms with Crippen LogP contribution in [0.1, 0.15) is 26.8 Å². The number of anilines is 1. The Morgan fingerprint density at radius 3 is 2.79 bits per heavy atom. The average Bonchev–Trinajstić information content (AvgIpc) is 3.15. The molecular weight excluding hydrogens is 326 g/mol. The first-order valence-electron chi connectivity index (χ1n) is 7.61. The Labute approximate surface area is 143 Å². The Balaban J connectivity index is 1.75. The summed E-state index contributed by atoms with van der Waals surface area (Å²) in [7, 11) is 1.83. The number of aromatic nitrogens is 6. The summed E-state index contributed by atoms with van der Waals surface area (Å²) in [4.78, 5) is 21.0. The van der Waals surface area contributed by atoms with Gasteiger partial charge in [-0.1, -0.05) is 11.8 Å². The van der Waals surface area contributed by atoms with Gasteiger partial charge in [-0.05, 0) is 20.8 Å². The van der Waals surface area contributed by atoms with Crippen LogP contribution < -0.4 is 5.32 Å². The molecule has 0 saturated heterocycles. The predicted molar refractivity (Wildman–Crippen MR) is 92.9 cm³/mol. The number of hydrogen-bond donors (Lipinski definition) is 1. The molecule has 0 fully saturated rings. The molecule has 0 aliphatic carbocycles. The monoisotopic (exact) mass is 345 g/mol. The van der Waals surface area contributed by atoms with Gasteiger partial charge in [0.2, 0.25) is 5.91 Å². The molecule has 126 valence electrons. The van der Waals surface area contributed by atoms with E-state index >= 15 is 0 Å². The fraction of sp³-hybridized carbons (Fsp3) is 0.400. The third-order valence-electron chi connectivity index (χ3n) is 3.56. The lowest BCUT2D eigenvalue weighted by Crippen LogP contribution is -2.24. The van der Waals surface area contributed by atoms with Crippen molar-refractivity contribution in [2.75, 3.05) is 5.32 Å². The van der Waals surface area contributed by atoms with Crippen LogP contribution in [0.25, 0.3) is 11.0 Å². The zero-order chi connectivity index (χ0) is 17.3. The van der Waals surface area contributed by atoms with Crippen molar-refractivity contribution in [3.05, 3.63) is 24.8 Å². The molecule has 1 amide bonds. The lowest BCUT2D eigenvalue weighted by molar-refractivity contribution is -0.115. The minimum atomic E-state index is -0.321. The lowest BCUT2D eigenvalue weighted by atomic mass is 10.4. The molecule has 9 heteroatoms. The van der Waals surface area contributed by atoms with Crippen molar-refractivity contribution < 1.29 is 4.79 Å². The van der Waals surface area contributed by atoms with Crippen LogP contribution in [-0.4, -0.2) is 40.7 Å². The highest BCUT2D eigenvalue weighted by Crippen LogP contribution is 2.28. The minimum Gasteiger partial charge on any atom is -0.310 e. The van der Waals surface area contributed by atoms with E-state index in [-0.39, 0.29) is 17.2 Å². The maximum atomic E-state index is 12.5. The number of rotatable bonds is 5. The molecule has 0 aliphatic heterocycles. The number of thioether (sulfide) groups is 1. The number of carbonyl (C=O) groups is 1. The normalized spacial score (nSPS) is 12.7. The third kappa shape index (κ3) is 3.12. The smallest absolute Gasteiger partial charge is 0.238 e. The average molecular weight is 345 g/mol. The summed E-state index contributed by atoms with van der Waals surface area (Å²) in [5, 5.41) is 12.6. The highest BCUT2D eigenvalue weighted by Gasteiger charge is 2.19. The first kappa shape index (κ1) is 16.4. The number of carbonyl (C=O) groups excluding carboxylic acids is 1. The lowest BCUT2D eigenvalue weighted by Gasteiger charge is -2.14. The molecule has 1 unspecified atom stereocenters. The van der Waals surface area contributed by atoms with Crippen LogP contribution in [0, 0.1) is 0 Å². The van der Waals surface area contributed by atoms with Crippen molar-refractivity contribution in [1.82, 2.24) is 29.5 Å². The highest BCUT2D eigenvalue weighted by molar-refractivity contribution is 8.00. The molecule has 3 rings (SSSR count). The minimum absolute atomic E-state index is 0.0990. The molecule has 3 aromatic rings. The van der Waals surface area contributed by atoms with Gasteiger partial charge < -0.3 is 5.32 Å². The molecule has 0 radical (unpaired) electrons. The molecule has 0 spiro atoms. The van der Waals surface area contributed by atoms with E-state index in [0.29, 0.717) is 5.82 Å². The van der Waals surface area contributed by atoms with Gasteiger partial charge in [0.1, 0.15) is 17.2 Å². The van der Waals surface area contributed by atoms with Gasteiger partial charge in [0.05, 0.1) is 23.0 Å². The SMILES string of the molecule is CC(Sc1ncnc2c1cnn2C)C(=O)Nc1ccnn1C(C)C. The molecule has 1 N–H and O–H groups in total. The van der Waals surface area contributed by atoms with Gasteiger partial charge in [0.25, 0.3) is 0 Å². The molecule has 0 bridgehead atoms. The van der Waals surface area contributed by atoms with Crippen LogP contribution in [0.5, 0.6) is 0 Å². The van der Waals surface area contributed by atoms with Crippen LogP contribution in [0.4, 0.5) is 5.82 Å². The van der Waals surface area contributed by atoms with Crippen LogP contribution >= 0.6 is 11.8 Å². The second kappa shape index (κ2) is 6.60. The molecule has 1 atom stereocenters. The van der Waals surface area contributed by atoms with Gasteiger partial charge in [0.15, 0.2) is 5.65 Å². The Hall–Kier alpha value is -2.42. The number of amides is 1. The summed E-state index contributed by atoms with van der Waals surface area (Å²) in [5.41, 5.74) is 0.748. The summed E-state index contributed by atoms with van der Waals surface area (Å²) in [6.45, 7) is 5.88. The third-order valence-corrected chi connectivity index (χ3v) is 4.68. The van der Waals surface area contributed by atoms with E-state index in [9.17, 15) is 4.79 Å². The zero-order valence-corrected chi connectivity index (χ0v) is 14.8. The van der Waals surface area contributed by atoms with E-state index in [4.69, 9.17) is 0 Å². The molecule has 3 aromatic heterocycles. The van der Waals surface area contributed by atoms with Crippen LogP contribution in [-0.2, 0) is 11.8 Å². The molecule has 0 aliphatic rings. The molecule has 0 aromatic carbocycles. The van der Waals surface area contributed by atoms with E-state index < -0.39 is 0 Å². The first-order valence-corrected chi connectivity index (χ1v) is 8.49. The van der Waals surface area contributed by atoms with Gasteiger partial charge in [-0.25, -0.2) is 14.6 Å². The van der Waals surface area contributed by atoms with Crippen molar-refractivity contribution in [2.24, 2.45) is 7.05 Å². The summed E-state index contributed by atoms with van der Waals surface area (Å²) in [5.74, 6) is 0.592. The van der Waals surface area contributed by atoms with Gasteiger partial charge >= 0.3 is 0 Å². The van der Waals surface area contributed by atoms with Crippen molar-refractivity contribution in [2.45, 2.75) is 37.1 Å². The van der Waals surface area contributed by atoms with Gasteiger partial charge in [-0.2, -0.15) is 10.2 Å². The van der Waals surface area contributed by atoms with Crippen molar-refractivity contribution in [3.63, 3.8) is 0 Å². The summed E-state index contributed by atoms with van der Waals surface area (Å²) < 4.78 is 3.46. The Kier molecular flexibility index (Phi) is 4.52. The van der Waals surface area contributed by atoms with E-state index in [0.717, 1.165) is 16.1 Å². The highest BCUT2D eigenvalue weighted by atomic mass is 32.2. The predicted octanol–water partition coefficient (Wildman–Crippen LogP) is 2.26. The Morgan fingerprint density at radius 1 is 1.25 bits per heavy atom. The second-order valence-corrected chi connectivity index (χ2v) is 7.02. The molecule has 24 heavy (non-hydrogen) atoms. The summed E-state index contributed by atoms with van der Waals surface area (Å²) in [6, 6.07) is 1.97. The zero-order valence-electron chi connectivity index (χ0n) is 14.0. The first-order chi connectivity index (χ1) is 11.5. The van der Waals surface area contributed by atoms with Crippen molar-refractivity contribution in [1.29, 1.82) is 0 Å². The standard InChI is InChI=1S/C15H19N7OS/c1-9(2)22-12(5-6-18-22)20-14(23)10(3)24-15-11-7-19-21(4)13(11)16-8-17-15/h5-10H,1-4H3,(H,20,23). The fourth-order valence-electron chi connectivity index (χ4n) is 2.31. The maximum Gasteiger partial charge on any atom is 0.238 e.